The van der Waals surface area contributed by atoms with Crippen LogP contribution in [0, 0.1) is 0 Å². The summed E-state index contributed by atoms with van der Waals surface area (Å²) in [5.74, 6) is 0. The van der Waals surface area contributed by atoms with Gasteiger partial charge in [-0.2, -0.15) is 0 Å². The summed E-state index contributed by atoms with van der Waals surface area (Å²) in [6, 6.07) is 5.30. The monoisotopic (exact) mass is 273 g/mol. The molecule has 1 fully saturated rings. The third-order valence-electron chi connectivity index (χ3n) is 3.26. The fourth-order valence-corrected chi connectivity index (χ4v) is 2.69. The van der Waals surface area contributed by atoms with Crippen LogP contribution in [0.15, 0.2) is 18.2 Å². The SMILES string of the molecule is OC(c1cc(Cl)ccc1Cl)C1CCCCCN1. The molecule has 0 aliphatic carbocycles. The van der Waals surface area contributed by atoms with Gasteiger partial charge in [0, 0.05) is 21.7 Å². The van der Waals surface area contributed by atoms with E-state index in [1.165, 1.54) is 12.8 Å². The van der Waals surface area contributed by atoms with E-state index in [0.29, 0.717) is 10.0 Å². The van der Waals surface area contributed by atoms with Crippen LogP contribution in [-0.4, -0.2) is 17.7 Å². The zero-order chi connectivity index (χ0) is 12.3. The molecule has 1 aromatic rings. The average Bonchev–Trinajstić information content (AvgIpc) is 2.60. The van der Waals surface area contributed by atoms with E-state index in [0.717, 1.165) is 24.9 Å². The molecule has 1 aromatic carbocycles. The molecule has 2 unspecified atom stereocenters. The first kappa shape index (κ1) is 13.2. The van der Waals surface area contributed by atoms with Gasteiger partial charge in [0.1, 0.15) is 0 Å². The molecule has 1 aliphatic rings. The molecule has 0 amide bonds. The van der Waals surface area contributed by atoms with Gasteiger partial charge in [0.25, 0.3) is 0 Å². The van der Waals surface area contributed by atoms with E-state index in [4.69, 9.17) is 23.2 Å². The summed E-state index contributed by atoms with van der Waals surface area (Å²) < 4.78 is 0. The number of halogens is 2. The Bertz CT molecular complexity index is 376. The second-order valence-corrected chi connectivity index (χ2v) is 5.36. The van der Waals surface area contributed by atoms with Crippen molar-refractivity contribution >= 4 is 23.2 Å². The van der Waals surface area contributed by atoms with Crippen LogP contribution in [0.5, 0.6) is 0 Å². The van der Waals surface area contributed by atoms with E-state index in [1.54, 1.807) is 18.2 Å². The second-order valence-electron chi connectivity index (χ2n) is 4.52. The Hall–Kier alpha value is -0.280. The van der Waals surface area contributed by atoms with Gasteiger partial charge < -0.3 is 10.4 Å². The lowest BCUT2D eigenvalue weighted by Crippen LogP contribution is -2.34. The Morgan fingerprint density at radius 1 is 1.24 bits per heavy atom. The lowest BCUT2D eigenvalue weighted by atomic mass is 9.98. The number of aliphatic hydroxyl groups is 1. The van der Waals surface area contributed by atoms with Crippen LogP contribution >= 0.6 is 23.2 Å². The van der Waals surface area contributed by atoms with Gasteiger partial charge >= 0.3 is 0 Å². The summed E-state index contributed by atoms with van der Waals surface area (Å²) in [4.78, 5) is 0. The van der Waals surface area contributed by atoms with Crippen molar-refractivity contribution in [1.82, 2.24) is 5.32 Å². The lowest BCUT2D eigenvalue weighted by molar-refractivity contribution is 0.126. The fraction of sp³-hybridized carbons (Fsp3) is 0.538. The van der Waals surface area contributed by atoms with E-state index in [9.17, 15) is 5.11 Å². The minimum Gasteiger partial charge on any atom is -0.387 e. The molecule has 2 nitrogen and oxygen atoms in total. The molecule has 0 bridgehead atoms. The van der Waals surface area contributed by atoms with Crippen LogP contribution in [0.25, 0.3) is 0 Å². The van der Waals surface area contributed by atoms with Gasteiger partial charge in [-0.25, -0.2) is 0 Å². The zero-order valence-corrected chi connectivity index (χ0v) is 11.1. The molecule has 1 saturated heterocycles. The summed E-state index contributed by atoms with van der Waals surface area (Å²) in [6.07, 6.45) is 3.93. The number of nitrogens with one attached hydrogen (secondary N) is 1. The van der Waals surface area contributed by atoms with Crippen molar-refractivity contribution in [2.24, 2.45) is 0 Å². The molecule has 2 N–H and O–H groups in total. The van der Waals surface area contributed by atoms with Crippen LogP contribution in [0.3, 0.4) is 0 Å². The minimum absolute atomic E-state index is 0.0773. The molecule has 4 heteroatoms. The van der Waals surface area contributed by atoms with Crippen LogP contribution < -0.4 is 5.32 Å². The van der Waals surface area contributed by atoms with Gasteiger partial charge in [0.2, 0.25) is 0 Å². The molecule has 17 heavy (non-hydrogen) atoms. The highest BCUT2D eigenvalue weighted by Crippen LogP contribution is 2.30. The largest absolute Gasteiger partial charge is 0.387 e. The highest BCUT2D eigenvalue weighted by atomic mass is 35.5. The van der Waals surface area contributed by atoms with Gasteiger partial charge in [-0.3, -0.25) is 0 Å². The van der Waals surface area contributed by atoms with Crippen molar-refractivity contribution in [3.8, 4) is 0 Å². The van der Waals surface area contributed by atoms with Crippen molar-refractivity contribution in [2.75, 3.05) is 6.54 Å². The third kappa shape index (κ3) is 3.35. The van der Waals surface area contributed by atoms with Gasteiger partial charge in [0.15, 0.2) is 0 Å². The minimum atomic E-state index is -0.584. The van der Waals surface area contributed by atoms with Crippen molar-refractivity contribution < 1.29 is 5.11 Å². The number of hydrogen-bond acceptors (Lipinski definition) is 2. The van der Waals surface area contributed by atoms with Crippen molar-refractivity contribution in [1.29, 1.82) is 0 Å². The van der Waals surface area contributed by atoms with E-state index in [1.807, 2.05) is 0 Å². The Kier molecular flexibility index (Phi) is 4.69. The first-order valence-corrected chi connectivity index (χ1v) is 6.80. The van der Waals surface area contributed by atoms with E-state index in [-0.39, 0.29) is 6.04 Å². The lowest BCUT2D eigenvalue weighted by Gasteiger charge is -2.23. The molecule has 1 aliphatic heterocycles. The summed E-state index contributed by atoms with van der Waals surface area (Å²) in [5.41, 5.74) is 0.721. The maximum Gasteiger partial charge on any atom is 0.0957 e. The van der Waals surface area contributed by atoms with Gasteiger partial charge in [-0.05, 0) is 37.6 Å². The van der Waals surface area contributed by atoms with Crippen molar-refractivity contribution in [2.45, 2.75) is 37.8 Å². The number of rotatable bonds is 2. The van der Waals surface area contributed by atoms with Crippen LogP contribution in [0.1, 0.15) is 37.4 Å². The summed E-state index contributed by atoms with van der Waals surface area (Å²) in [6.45, 7) is 0.958. The topological polar surface area (TPSA) is 32.3 Å². The van der Waals surface area contributed by atoms with Crippen LogP contribution in [0.2, 0.25) is 10.0 Å². The predicted octanol–water partition coefficient (Wildman–Crippen LogP) is 3.56. The molecule has 1 heterocycles. The molecule has 0 saturated carbocycles. The molecule has 2 rings (SSSR count). The van der Waals surface area contributed by atoms with Crippen molar-refractivity contribution in [3.05, 3.63) is 33.8 Å². The zero-order valence-electron chi connectivity index (χ0n) is 9.63. The first-order chi connectivity index (χ1) is 8.18. The van der Waals surface area contributed by atoms with E-state index < -0.39 is 6.10 Å². The molecular weight excluding hydrogens is 257 g/mol. The molecule has 0 spiro atoms. The Morgan fingerprint density at radius 2 is 2.06 bits per heavy atom. The predicted molar refractivity (Wildman–Crippen MR) is 71.7 cm³/mol. The van der Waals surface area contributed by atoms with Gasteiger partial charge in [0.05, 0.1) is 6.10 Å². The fourth-order valence-electron chi connectivity index (χ4n) is 2.28. The molecule has 2 atom stereocenters. The first-order valence-electron chi connectivity index (χ1n) is 6.05. The van der Waals surface area contributed by atoms with Gasteiger partial charge in [-0.15, -0.1) is 0 Å². The summed E-state index contributed by atoms with van der Waals surface area (Å²) in [5, 5.41) is 14.9. The Labute approximate surface area is 112 Å². The second kappa shape index (κ2) is 6.05. The third-order valence-corrected chi connectivity index (χ3v) is 3.84. The summed E-state index contributed by atoms with van der Waals surface area (Å²) >= 11 is 12.0. The van der Waals surface area contributed by atoms with Crippen LogP contribution in [0.4, 0.5) is 0 Å². The average molecular weight is 274 g/mol. The Morgan fingerprint density at radius 3 is 2.88 bits per heavy atom. The number of hydrogen-bond donors (Lipinski definition) is 2. The normalized spacial score (nSPS) is 23.1. The summed E-state index contributed by atoms with van der Waals surface area (Å²) in [7, 11) is 0. The van der Waals surface area contributed by atoms with E-state index >= 15 is 0 Å². The Balaban J connectivity index is 2.16. The smallest absolute Gasteiger partial charge is 0.0957 e. The highest BCUT2D eigenvalue weighted by molar-refractivity contribution is 6.33. The number of aliphatic hydroxyl groups excluding tert-OH is 1. The number of benzene rings is 1. The standard InChI is InChI=1S/C13H17Cl2NO/c14-9-5-6-11(15)10(8-9)13(17)12-4-2-1-3-7-16-12/h5-6,8,12-13,16-17H,1-4,7H2. The van der Waals surface area contributed by atoms with Crippen LogP contribution in [-0.2, 0) is 0 Å². The maximum atomic E-state index is 10.4. The van der Waals surface area contributed by atoms with Crippen molar-refractivity contribution in [3.63, 3.8) is 0 Å². The molecule has 0 radical (unpaired) electrons. The quantitative estimate of drug-likeness (QED) is 0.864. The molecule has 0 aromatic heterocycles. The van der Waals surface area contributed by atoms with Gasteiger partial charge in [-0.1, -0.05) is 36.0 Å². The molecule has 94 valence electrons. The molecular formula is C13H17Cl2NO. The van der Waals surface area contributed by atoms with E-state index in [2.05, 4.69) is 5.32 Å². The highest BCUT2D eigenvalue weighted by Gasteiger charge is 2.23. The maximum absolute atomic E-state index is 10.4.